The highest BCUT2D eigenvalue weighted by atomic mass is 32.2. The maximum Gasteiger partial charge on any atom is 0.244 e. The molecule has 3 aromatic carbocycles. The number of fused-ring (bicyclic) bond motifs is 3. The first-order valence-corrected chi connectivity index (χ1v) is 15.9. The molecular formula is C32H35N3O4S. The van der Waals surface area contributed by atoms with Crippen molar-refractivity contribution in [2.75, 3.05) is 36.5 Å². The van der Waals surface area contributed by atoms with E-state index in [1.807, 2.05) is 36.4 Å². The van der Waals surface area contributed by atoms with Crippen molar-refractivity contribution < 1.29 is 17.9 Å². The van der Waals surface area contributed by atoms with E-state index >= 15 is 0 Å². The molecule has 0 bridgehead atoms. The van der Waals surface area contributed by atoms with Gasteiger partial charge in [-0.2, -0.15) is 4.31 Å². The zero-order valence-corrected chi connectivity index (χ0v) is 23.5. The van der Waals surface area contributed by atoms with Crippen LogP contribution in [0.4, 0.5) is 11.4 Å². The van der Waals surface area contributed by atoms with E-state index in [-0.39, 0.29) is 17.3 Å². The number of morpholine rings is 1. The molecule has 0 unspecified atom stereocenters. The lowest BCUT2D eigenvalue weighted by Gasteiger charge is -2.35. The van der Waals surface area contributed by atoms with Crippen LogP contribution in [0.2, 0.25) is 0 Å². The smallest absolute Gasteiger partial charge is 0.244 e. The summed E-state index contributed by atoms with van der Waals surface area (Å²) in [5.74, 6) is -0.239. The molecule has 1 fully saturated rings. The van der Waals surface area contributed by atoms with Gasteiger partial charge in [0.15, 0.2) is 0 Å². The molecule has 2 heterocycles. The molecule has 1 amide bonds. The second kappa shape index (κ2) is 10.3. The Bertz CT molecular complexity index is 1530. The SMILES string of the molecule is O=C(Nc1c2c(cc3c1CCC3)CCC2)[C@@H]1Cc2ccccc2CN1S(=O)(=O)c1ccc(N2CCOCC2)cc1. The van der Waals surface area contributed by atoms with Crippen molar-refractivity contribution >= 4 is 27.3 Å². The summed E-state index contributed by atoms with van der Waals surface area (Å²) in [6, 6.07) is 16.4. The molecule has 0 spiro atoms. The maximum absolute atomic E-state index is 14.1. The summed E-state index contributed by atoms with van der Waals surface area (Å²) >= 11 is 0. The van der Waals surface area contributed by atoms with E-state index in [1.165, 1.54) is 26.6 Å². The van der Waals surface area contributed by atoms with Gasteiger partial charge in [-0.15, -0.1) is 0 Å². The number of benzene rings is 3. The van der Waals surface area contributed by atoms with Crippen molar-refractivity contribution in [3.8, 4) is 0 Å². The van der Waals surface area contributed by atoms with Gasteiger partial charge in [0, 0.05) is 31.0 Å². The third-order valence-corrected chi connectivity index (χ3v) is 10.9. The number of carbonyl (C=O) groups excluding carboxylic acids is 1. The molecule has 2 aliphatic heterocycles. The second-order valence-corrected chi connectivity index (χ2v) is 13.2. The summed E-state index contributed by atoms with van der Waals surface area (Å²) in [7, 11) is -3.93. The van der Waals surface area contributed by atoms with Gasteiger partial charge < -0.3 is 15.0 Å². The minimum Gasteiger partial charge on any atom is -0.378 e. The van der Waals surface area contributed by atoms with Gasteiger partial charge >= 0.3 is 0 Å². The third-order valence-electron chi connectivity index (χ3n) is 9.05. The summed E-state index contributed by atoms with van der Waals surface area (Å²) in [5, 5.41) is 3.29. The number of carbonyl (C=O) groups is 1. The minimum absolute atomic E-state index is 0.173. The quantitative estimate of drug-likeness (QED) is 0.508. The first-order chi connectivity index (χ1) is 19.5. The molecule has 7 nitrogen and oxygen atoms in total. The molecule has 0 radical (unpaired) electrons. The van der Waals surface area contributed by atoms with Crippen LogP contribution in [0.15, 0.2) is 59.5 Å². The summed E-state index contributed by atoms with van der Waals surface area (Å²) in [6.45, 7) is 3.07. The number of hydrogen-bond donors (Lipinski definition) is 1. The van der Waals surface area contributed by atoms with Gasteiger partial charge in [-0.05, 0) is 103 Å². The van der Waals surface area contributed by atoms with Crippen molar-refractivity contribution in [1.82, 2.24) is 4.31 Å². The van der Waals surface area contributed by atoms with E-state index in [0.717, 1.165) is 74.1 Å². The van der Waals surface area contributed by atoms with E-state index in [9.17, 15) is 13.2 Å². The van der Waals surface area contributed by atoms with E-state index in [4.69, 9.17) is 4.74 Å². The van der Waals surface area contributed by atoms with Gasteiger partial charge in [0.25, 0.3) is 0 Å². The molecule has 2 aliphatic carbocycles. The fraction of sp³-hybridized carbons (Fsp3) is 0.406. The van der Waals surface area contributed by atoms with Crippen molar-refractivity contribution in [3.05, 3.63) is 88.0 Å². The Labute approximate surface area is 236 Å². The predicted molar refractivity (Wildman–Crippen MR) is 155 cm³/mol. The highest BCUT2D eigenvalue weighted by molar-refractivity contribution is 7.89. The summed E-state index contributed by atoms with van der Waals surface area (Å²) in [6.07, 6.45) is 6.56. The van der Waals surface area contributed by atoms with Gasteiger partial charge in [0.05, 0.1) is 18.1 Å². The molecule has 4 aliphatic rings. The first-order valence-electron chi connectivity index (χ1n) is 14.5. The molecule has 0 saturated carbocycles. The lowest BCUT2D eigenvalue weighted by atomic mass is 9.94. The van der Waals surface area contributed by atoms with E-state index < -0.39 is 16.1 Å². The van der Waals surface area contributed by atoms with Crippen LogP contribution in [0.1, 0.15) is 46.2 Å². The van der Waals surface area contributed by atoms with E-state index in [0.29, 0.717) is 19.6 Å². The Hall–Kier alpha value is -3.20. The van der Waals surface area contributed by atoms with Crippen LogP contribution in [0.3, 0.4) is 0 Å². The standard InChI is InChI=1S/C32H35N3O4S/c36-32(33-31-28-9-3-7-23(28)19-24-8-4-10-29(24)31)30-20-22-5-1-2-6-25(22)21-35(30)40(37,38)27-13-11-26(12-14-27)34-15-17-39-18-16-34/h1-2,5-6,11-14,19,30H,3-4,7-10,15-18,20-21H2,(H,33,36)/t30-/m0/s1. The summed E-state index contributed by atoms with van der Waals surface area (Å²) in [4.78, 5) is 16.5. The van der Waals surface area contributed by atoms with Gasteiger partial charge in [0.1, 0.15) is 6.04 Å². The molecule has 3 aromatic rings. The average molecular weight is 558 g/mol. The molecule has 1 saturated heterocycles. The Morgan fingerprint density at radius 2 is 1.48 bits per heavy atom. The number of nitrogens with one attached hydrogen (secondary N) is 1. The van der Waals surface area contributed by atoms with Gasteiger partial charge in [-0.1, -0.05) is 30.3 Å². The highest BCUT2D eigenvalue weighted by Gasteiger charge is 2.40. The van der Waals surface area contributed by atoms with Crippen LogP contribution in [-0.2, 0) is 58.2 Å². The molecule has 1 atom stereocenters. The van der Waals surface area contributed by atoms with Crippen molar-refractivity contribution in [2.45, 2.75) is 62.4 Å². The highest BCUT2D eigenvalue weighted by Crippen LogP contribution is 2.39. The maximum atomic E-state index is 14.1. The molecule has 40 heavy (non-hydrogen) atoms. The number of amides is 1. The van der Waals surface area contributed by atoms with Crippen LogP contribution >= 0.6 is 0 Å². The monoisotopic (exact) mass is 557 g/mol. The number of hydrogen-bond acceptors (Lipinski definition) is 5. The fourth-order valence-electron chi connectivity index (χ4n) is 6.93. The fourth-order valence-corrected chi connectivity index (χ4v) is 8.50. The Morgan fingerprint density at radius 3 is 2.15 bits per heavy atom. The van der Waals surface area contributed by atoms with Crippen molar-refractivity contribution in [2.24, 2.45) is 0 Å². The lowest BCUT2D eigenvalue weighted by molar-refractivity contribution is -0.120. The first kappa shape index (κ1) is 25.7. The zero-order valence-electron chi connectivity index (χ0n) is 22.7. The number of rotatable bonds is 5. The molecule has 8 heteroatoms. The zero-order chi connectivity index (χ0) is 27.3. The van der Waals surface area contributed by atoms with Crippen LogP contribution in [-0.4, -0.2) is 51.0 Å². The molecule has 0 aromatic heterocycles. The average Bonchev–Trinajstić information content (AvgIpc) is 3.66. The van der Waals surface area contributed by atoms with E-state index in [2.05, 4.69) is 16.3 Å². The molecule has 7 rings (SSSR count). The number of aryl methyl sites for hydroxylation is 2. The second-order valence-electron chi connectivity index (χ2n) is 11.4. The number of ether oxygens (including phenoxy) is 1. The number of nitrogens with zero attached hydrogens (tertiary/aromatic N) is 2. The largest absolute Gasteiger partial charge is 0.378 e. The van der Waals surface area contributed by atoms with Gasteiger partial charge in [0.2, 0.25) is 15.9 Å². The Morgan fingerprint density at radius 1 is 0.825 bits per heavy atom. The predicted octanol–water partition coefficient (Wildman–Crippen LogP) is 4.25. The topological polar surface area (TPSA) is 79.0 Å². The number of anilines is 2. The summed E-state index contributed by atoms with van der Waals surface area (Å²) in [5.41, 5.74) is 9.09. The number of sulfonamides is 1. The molecule has 1 N–H and O–H groups in total. The van der Waals surface area contributed by atoms with Gasteiger partial charge in [-0.25, -0.2) is 8.42 Å². The normalized spacial score (nSPS) is 20.6. The lowest BCUT2D eigenvalue weighted by Crippen LogP contribution is -2.50. The van der Waals surface area contributed by atoms with Gasteiger partial charge in [-0.3, -0.25) is 4.79 Å². The minimum atomic E-state index is -3.93. The van der Waals surface area contributed by atoms with Crippen LogP contribution < -0.4 is 10.2 Å². The Kier molecular flexibility index (Phi) is 6.65. The summed E-state index contributed by atoms with van der Waals surface area (Å²) < 4.78 is 35.1. The Balaban J connectivity index is 1.22. The van der Waals surface area contributed by atoms with Crippen molar-refractivity contribution in [1.29, 1.82) is 0 Å². The van der Waals surface area contributed by atoms with Crippen LogP contribution in [0.5, 0.6) is 0 Å². The van der Waals surface area contributed by atoms with Crippen LogP contribution in [0.25, 0.3) is 0 Å². The van der Waals surface area contributed by atoms with Crippen molar-refractivity contribution in [3.63, 3.8) is 0 Å². The third kappa shape index (κ3) is 4.52. The molecular weight excluding hydrogens is 522 g/mol. The van der Waals surface area contributed by atoms with E-state index in [1.54, 1.807) is 12.1 Å². The molecule has 208 valence electrons. The van der Waals surface area contributed by atoms with Crippen LogP contribution in [0, 0.1) is 0 Å².